The Kier molecular flexibility index (Phi) is 5.46. The Hall–Kier alpha value is -1.32. The smallest absolute Gasteiger partial charge is 0.368 e. The van der Waals surface area contributed by atoms with Gasteiger partial charge < -0.3 is 16.4 Å². The molecule has 0 saturated heterocycles. The van der Waals surface area contributed by atoms with Gasteiger partial charge in [0.05, 0.1) is 16.1 Å². The number of nitrogen functional groups attached to an aromatic ring is 1. The van der Waals surface area contributed by atoms with Crippen molar-refractivity contribution < 1.29 is 13.2 Å². The number of nitrogens with two attached hydrogens (primary N) is 2. The highest BCUT2D eigenvalue weighted by Gasteiger charge is 2.42. The lowest BCUT2D eigenvalue weighted by molar-refractivity contribution is -0.176. The second kappa shape index (κ2) is 6.89. The summed E-state index contributed by atoms with van der Waals surface area (Å²) in [6.07, 6.45) is -3.67. The first-order chi connectivity index (χ1) is 10.8. The van der Waals surface area contributed by atoms with Crippen molar-refractivity contribution >= 4 is 45.7 Å². The second-order valence-electron chi connectivity index (χ2n) is 5.78. The van der Waals surface area contributed by atoms with E-state index < -0.39 is 12.1 Å². The number of fused-ring (bicyclic) bond motifs is 3. The van der Waals surface area contributed by atoms with Crippen molar-refractivity contribution in [3.05, 3.63) is 10.4 Å². The molecular formula is C14H19ClF3N5S. The van der Waals surface area contributed by atoms with E-state index in [1.54, 1.807) is 0 Å². The van der Waals surface area contributed by atoms with Gasteiger partial charge in [0, 0.05) is 25.0 Å². The van der Waals surface area contributed by atoms with E-state index in [9.17, 15) is 13.2 Å². The first kappa shape index (κ1) is 19.0. The first-order valence-electron chi connectivity index (χ1n) is 7.37. The number of aromatic nitrogens is 2. The van der Waals surface area contributed by atoms with E-state index in [0.717, 1.165) is 9.58 Å². The lowest BCUT2D eigenvalue weighted by Gasteiger charge is -2.24. The zero-order valence-corrected chi connectivity index (χ0v) is 14.7. The molecule has 2 heterocycles. The predicted octanol–water partition coefficient (Wildman–Crippen LogP) is 2.76. The molecule has 0 amide bonds. The van der Waals surface area contributed by atoms with E-state index in [-0.39, 0.29) is 31.2 Å². The van der Waals surface area contributed by atoms with Gasteiger partial charge in [0.25, 0.3) is 0 Å². The standard InChI is InChI=1S/C14H18F3N5S.ClH/c1-22(5-4-18)12-11-10(20-13(19)21-12)8-6-7(14(15,16)17)2-3-9(8)23-11;/h7H,2-6,18H2,1H3,(H2,19,20,21);1H. The van der Waals surface area contributed by atoms with E-state index >= 15 is 0 Å². The van der Waals surface area contributed by atoms with E-state index in [2.05, 4.69) is 9.97 Å². The average molecular weight is 382 g/mol. The summed E-state index contributed by atoms with van der Waals surface area (Å²) in [5.41, 5.74) is 12.6. The van der Waals surface area contributed by atoms with Crippen LogP contribution in [0.4, 0.5) is 24.9 Å². The Bertz CT molecular complexity index is 733. The van der Waals surface area contributed by atoms with Gasteiger partial charge in [0.2, 0.25) is 5.95 Å². The Morgan fingerprint density at radius 3 is 2.67 bits per heavy atom. The van der Waals surface area contributed by atoms with Crippen LogP contribution in [0.1, 0.15) is 16.9 Å². The predicted molar refractivity (Wildman–Crippen MR) is 93.0 cm³/mol. The molecule has 0 saturated carbocycles. The van der Waals surface area contributed by atoms with Crippen LogP contribution < -0.4 is 16.4 Å². The molecule has 0 fully saturated rings. The zero-order chi connectivity index (χ0) is 16.8. The number of nitrogens with zero attached hydrogens (tertiary/aromatic N) is 3. The number of anilines is 2. The Morgan fingerprint density at radius 2 is 2.04 bits per heavy atom. The van der Waals surface area contributed by atoms with Crippen LogP contribution in [0.15, 0.2) is 0 Å². The van der Waals surface area contributed by atoms with Gasteiger partial charge in [-0.2, -0.15) is 18.2 Å². The van der Waals surface area contributed by atoms with Crippen LogP contribution in [-0.2, 0) is 12.8 Å². The fourth-order valence-corrected chi connectivity index (χ4v) is 4.30. The summed E-state index contributed by atoms with van der Waals surface area (Å²) in [4.78, 5) is 11.3. The lowest BCUT2D eigenvalue weighted by Crippen LogP contribution is -2.28. The number of thiophene rings is 1. The molecule has 1 aliphatic rings. The third kappa shape index (κ3) is 3.38. The highest BCUT2D eigenvalue weighted by Crippen LogP contribution is 2.44. The van der Waals surface area contributed by atoms with Crippen molar-refractivity contribution in [3.8, 4) is 0 Å². The normalized spacial score (nSPS) is 17.5. The monoisotopic (exact) mass is 381 g/mol. The van der Waals surface area contributed by atoms with Crippen molar-refractivity contribution in [3.63, 3.8) is 0 Å². The minimum absolute atomic E-state index is 0. The Balaban J connectivity index is 0.00000208. The molecule has 1 aliphatic carbocycles. The minimum Gasteiger partial charge on any atom is -0.368 e. The topological polar surface area (TPSA) is 81.1 Å². The van der Waals surface area contributed by atoms with Crippen LogP contribution in [0.5, 0.6) is 0 Å². The number of likely N-dealkylation sites (N-methyl/N-ethyl adjacent to an activating group) is 1. The molecule has 0 bridgehead atoms. The molecule has 0 aliphatic heterocycles. The molecule has 4 N–H and O–H groups in total. The molecule has 2 aromatic heterocycles. The van der Waals surface area contributed by atoms with E-state index in [1.165, 1.54) is 11.3 Å². The molecule has 3 rings (SSSR count). The number of hydrogen-bond donors (Lipinski definition) is 2. The van der Waals surface area contributed by atoms with E-state index in [1.807, 2.05) is 11.9 Å². The molecule has 2 aromatic rings. The fraction of sp³-hybridized carbons (Fsp3) is 0.571. The largest absolute Gasteiger partial charge is 0.392 e. The highest BCUT2D eigenvalue weighted by molar-refractivity contribution is 7.19. The third-order valence-electron chi connectivity index (χ3n) is 4.17. The Labute approximate surface area is 147 Å². The van der Waals surface area contributed by atoms with Crippen molar-refractivity contribution in [1.29, 1.82) is 0 Å². The number of halogens is 4. The van der Waals surface area contributed by atoms with Gasteiger partial charge in [-0.05, 0) is 24.8 Å². The van der Waals surface area contributed by atoms with Crippen molar-refractivity contribution in [2.75, 3.05) is 30.8 Å². The maximum absolute atomic E-state index is 13.1. The molecule has 0 radical (unpaired) electrons. The summed E-state index contributed by atoms with van der Waals surface area (Å²) in [5.74, 6) is -0.596. The van der Waals surface area contributed by atoms with Crippen LogP contribution in [0.25, 0.3) is 10.2 Å². The van der Waals surface area contributed by atoms with E-state index in [0.29, 0.717) is 36.4 Å². The summed E-state index contributed by atoms with van der Waals surface area (Å²) < 4.78 is 40.0. The van der Waals surface area contributed by atoms with Gasteiger partial charge >= 0.3 is 6.18 Å². The first-order valence-corrected chi connectivity index (χ1v) is 8.18. The van der Waals surface area contributed by atoms with Gasteiger partial charge in [0.1, 0.15) is 0 Å². The van der Waals surface area contributed by atoms with Crippen LogP contribution in [0.2, 0.25) is 0 Å². The SMILES string of the molecule is CN(CCN)c1nc(N)nc2c3c(sc12)CCC(C(F)(F)F)C3.Cl. The summed E-state index contributed by atoms with van der Waals surface area (Å²) in [6, 6.07) is 0. The van der Waals surface area contributed by atoms with Crippen molar-refractivity contribution in [1.82, 2.24) is 9.97 Å². The zero-order valence-electron chi connectivity index (χ0n) is 13.1. The fourth-order valence-electron chi connectivity index (χ4n) is 2.97. The van der Waals surface area contributed by atoms with Gasteiger partial charge in [0.15, 0.2) is 5.82 Å². The maximum atomic E-state index is 13.1. The molecule has 24 heavy (non-hydrogen) atoms. The van der Waals surface area contributed by atoms with Crippen molar-refractivity contribution in [2.45, 2.75) is 25.4 Å². The summed E-state index contributed by atoms with van der Waals surface area (Å²) in [5, 5.41) is 0. The molecular weight excluding hydrogens is 363 g/mol. The van der Waals surface area contributed by atoms with Gasteiger partial charge in [-0.15, -0.1) is 23.7 Å². The summed E-state index contributed by atoms with van der Waals surface area (Å²) in [7, 11) is 1.84. The van der Waals surface area contributed by atoms with Gasteiger partial charge in [-0.1, -0.05) is 0 Å². The highest BCUT2D eigenvalue weighted by atomic mass is 35.5. The van der Waals surface area contributed by atoms with Crippen LogP contribution >= 0.6 is 23.7 Å². The summed E-state index contributed by atoms with van der Waals surface area (Å²) in [6.45, 7) is 1.03. The van der Waals surface area contributed by atoms with Gasteiger partial charge in [-0.3, -0.25) is 0 Å². The lowest BCUT2D eigenvalue weighted by atomic mass is 9.87. The number of aryl methyl sites for hydroxylation is 1. The molecule has 10 heteroatoms. The summed E-state index contributed by atoms with van der Waals surface area (Å²) >= 11 is 1.47. The molecule has 1 atom stereocenters. The molecule has 134 valence electrons. The van der Waals surface area contributed by atoms with Crippen LogP contribution in [-0.4, -0.2) is 36.3 Å². The van der Waals surface area contributed by atoms with Crippen LogP contribution in [0.3, 0.4) is 0 Å². The number of alkyl halides is 3. The minimum atomic E-state index is -4.18. The molecule has 5 nitrogen and oxygen atoms in total. The molecule has 1 unspecified atom stereocenters. The average Bonchev–Trinajstić information content (AvgIpc) is 2.83. The third-order valence-corrected chi connectivity index (χ3v) is 5.45. The molecule has 0 spiro atoms. The van der Waals surface area contributed by atoms with Crippen LogP contribution in [0, 0.1) is 5.92 Å². The second-order valence-corrected chi connectivity index (χ2v) is 6.88. The van der Waals surface area contributed by atoms with E-state index in [4.69, 9.17) is 11.5 Å². The molecule has 0 aromatic carbocycles. The Morgan fingerprint density at radius 1 is 1.33 bits per heavy atom. The maximum Gasteiger partial charge on any atom is 0.392 e. The quantitative estimate of drug-likeness (QED) is 0.854. The van der Waals surface area contributed by atoms with Gasteiger partial charge in [-0.25, -0.2) is 4.98 Å². The van der Waals surface area contributed by atoms with Crippen molar-refractivity contribution in [2.24, 2.45) is 11.7 Å². The number of rotatable bonds is 3. The number of hydrogen-bond acceptors (Lipinski definition) is 6.